The molecule has 5 heteroatoms. The van der Waals surface area contributed by atoms with Crippen LogP contribution in [0.4, 0.5) is 5.82 Å². The second-order valence-corrected chi connectivity index (χ2v) is 4.97. The van der Waals surface area contributed by atoms with E-state index >= 15 is 0 Å². The van der Waals surface area contributed by atoms with E-state index in [1.54, 1.807) is 0 Å². The Morgan fingerprint density at radius 1 is 1.53 bits per heavy atom. The minimum Gasteiger partial charge on any atom is -0.478 e. The molecule has 0 aliphatic heterocycles. The maximum Gasteiger partial charge on any atom is 0.335 e. The van der Waals surface area contributed by atoms with Crippen LogP contribution in [0.1, 0.15) is 30.6 Å². The number of carboxylic acids is 1. The van der Waals surface area contributed by atoms with Gasteiger partial charge in [-0.3, -0.25) is 4.79 Å². The molecule has 1 aromatic rings. The van der Waals surface area contributed by atoms with Crippen LogP contribution in [0.25, 0.3) is 0 Å². The predicted molar refractivity (Wildman–Crippen MR) is 61.7 cm³/mol. The summed E-state index contributed by atoms with van der Waals surface area (Å²) in [5.41, 5.74) is 0.166. The van der Waals surface area contributed by atoms with Crippen molar-refractivity contribution in [3.8, 4) is 0 Å². The molecule has 0 saturated heterocycles. The van der Waals surface area contributed by atoms with Crippen molar-refractivity contribution >= 4 is 17.7 Å². The first-order valence-corrected chi connectivity index (χ1v) is 5.40. The lowest BCUT2D eigenvalue weighted by atomic mass is 10.1. The highest BCUT2D eigenvalue weighted by Crippen LogP contribution is 2.51. The summed E-state index contributed by atoms with van der Waals surface area (Å²) in [6, 6.07) is 2.74. The molecule has 5 nitrogen and oxygen atoms in total. The molecule has 2 N–H and O–H groups in total. The van der Waals surface area contributed by atoms with Gasteiger partial charge in [0.1, 0.15) is 5.82 Å². The molecule has 1 aliphatic rings. The summed E-state index contributed by atoms with van der Waals surface area (Å²) in [5, 5.41) is 11.4. The van der Waals surface area contributed by atoms with Crippen molar-refractivity contribution in [2.24, 2.45) is 11.3 Å². The second-order valence-electron chi connectivity index (χ2n) is 4.97. The lowest BCUT2D eigenvalue weighted by molar-refractivity contribution is -0.118. The van der Waals surface area contributed by atoms with Crippen LogP contribution in [0.15, 0.2) is 18.3 Å². The van der Waals surface area contributed by atoms with Crippen molar-refractivity contribution in [3.63, 3.8) is 0 Å². The number of hydrogen-bond donors (Lipinski definition) is 2. The summed E-state index contributed by atoms with van der Waals surface area (Å²) >= 11 is 0. The topological polar surface area (TPSA) is 79.3 Å². The third kappa shape index (κ3) is 2.43. The number of nitrogens with one attached hydrogen (secondary N) is 1. The highest BCUT2D eigenvalue weighted by Gasteiger charge is 2.50. The minimum absolute atomic E-state index is 0.00205. The van der Waals surface area contributed by atoms with Gasteiger partial charge in [0.05, 0.1) is 5.56 Å². The smallest absolute Gasteiger partial charge is 0.335 e. The Kier molecular flexibility index (Phi) is 2.61. The van der Waals surface area contributed by atoms with E-state index in [2.05, 4.69) is 10.3 Å². The monoisotopic (exact) mass is 234 g/mol. The van der Waals surface area contributed by atoms with E-state index in [1.807, 2.05) is 13.8 Å². The Balaban J connectivity index is 2.07. The molecule has 1 saturated carbocycles. The van der Waals surface area contributed by atoms with E-state index in [-0.39, 0.29) is 28.6 Å². The zero-order valence-electron chi connectivity index (χ0n) is 9.73. The average molecular weight is 234 g/mol. The molecular formula is C12H14N2O3. The second kappa shape index (κ2) is 3.84. The number of rotatable bonds is 3. The standard InChI is InChI=1S/C12H14N2O3/c1-12(2)6-8(12)10(15)14-9-5-7(11(16)17)3-4-13-9/h3-5,8H,6H2,1-2H3,(H,16,17)(H,13,14,15). The Morgan fingerprint density at radius 3 is 2.71 bits per heavy atom. The van der Waals surface area contributed by atoms with Gasteiger partial charge in [0.2, 0.25) is 5.91 Å². The lowest BCUT2D eigenvalue weighted by Gasteiger charge is -2.06. The van der Waals surface area contributed by atoms with Crippen molar-refractivity contribution in [2.45, 2.75) is 20.3 Å². The molecule has 2 rings (SSSR count). The quantitative estimate of drug-likeness (QED) is 0.835. The molecule has 1 amide bonds. The number of carbonyl (C=O) groups is 2. The summed E-state index contributed by atoms with van der Waals surface area (Å²) in [6.07, 6.45) is 2.23. The maximum atomic E-state index is 11.8. The van der Waals surface area contributed by atoms with Crippen molar-refractivity contribution in [1.29, 1.82) is 0 Å². The highest BCUT2D eigenvalue weighted by molar-refractivity contribution is 5.95. The minimum atomic E-state index is -1.03. The van der Waals surface area contributed by atoms with E-state index < -0.39 is 5.97 Å². The van der Waals surface area contributed by atoms with E-state index in [0.717, 1.165) is 6.42 Å². The van der Waals surface area contributed by atoms with Gasteiger partial charge in [0.25, 0.3) is 0 Å². The van der Waals surface area contributed by atoms with Gasteiger partial charge in [-0.25, -0.2) is 9.78 Å². The molecule has 0 radical (unpaired) electrons. The van der Waals surface area contributed by atoms with Crippen LogP contribution in [0.2, 0.25) is 0 Å². The largest absolute Gasteiger partial charge is 0.478 e. The third-order valence-corrected chi connectivity index (χ3v) is 3.09. The number of carbonyl (C=O) groups excluding carboxylic acids is 1. The van der Waals surface area contributed by atoms with Crippen LogP contribution in [0.3, 0.4) is 0 Å². The van der Waals surface area contributed by atoms with Crippen molar-refractivity contribution in [3.05, 3.63) is 23.9 Å². The Hall–Kier alpha value is -1.91. The fraction of sp³-hybridized carbons (Fsp3) is 0.417. The van der Waals surface area contributed by atoms with Crippen LogP contribution in [0, 0.1) is 11.3 Å². The molecule has 17 heavy (non-hydrogen) atoms. The SMILES string of the molecule is CC1(C)CC1C(=O)Nc1cc(C(=O)O)ccn1. The third-order valence-electron chi connectivity index (χ3n) is 3.09. The molecule has 90 valence electrons. The summed E-state index contributed by atoms with van der Waals surface area (Å²) < 4.78 is 0. The first-order chi connectivity index (χ1) is 7.90. The number of amides is 1. The first-order valence-electron chi connectivity index (χ1n) is 5.40. The zero-order valence-corrected chi connectivity index (χ0v) is 9.73. The predicted octanol–water partition coefficient (Wildman–Crippen LogP) is 1.76. The number of pyridine rings is 1. The fourth-order valence-corrected chi connectivity index (χ4v) is 1.76. The van der Waals surface area contributed by atoms with Crippen molar-refractivity contribution < 1.29 is 14.7 Å². The Bertz CT molecular complexity index is 482. The van der Waals surface area contributed by atoms with Gasteiger partial charge < -0.3 is 10.4 Å². The van der Waals surface area contributed by atoms with Gasteiger partial charge in [0.15, 0.2) is 0 Å². The number of aromatic nitrogens is 1. The molecule has 0 bridgehead atoms. The Labute approximate surface area is 98.9 Å². The van der Waals surface area contributed by atoms with Crippen LogP contribution in [0.5, 0.6) is 0 Å². The molecule has 1 atom stereocenters. The van der Waals surface area contributed by atoms with Gasteiger partial charge in [-0.2, -0.15) is 0 Å². The van der Waals surface area contributed by atoms with E-state index in [1.165, 1.54) is 18.3 Å². The average Bonchev–Trinajstić information content (AvgIpc) is 2.88. The van der Waals surface area contributed by atoms with E-state index in [9.17, 15) is 9.59 Å². The van der Waals surface area contributed by atoms with Crippen LogP contribution in [-0.2, 0) is 4.79 Å². The summed E-state index contributed by atoms with van der Waals surface area (Å²) in [4.78, 5) is 26.4. The van der Waals surface area contributed by atoms with E-state index in [4.69, 9.17) is 5.11 Å². The molecule has 1 fully saturated rings. The van der Waals surface area contributed by atoms with Gasteiger partial charge in [-0.1, -0.05) is 13.8 Å². The summed E-state index contributed by atoms with van der Waals surface area (Å²) in [6.45, 7) is 4.05. The normalized spacial score (nSPS) is 20.7. The number of nitrogens with zero attached hydrogens (tertiary/aromatic N) is 1. The van der Waals surface area contributed by atoms with Gasteiger partial charge in [-0.05, 0) is 24.0 Å². The van der Waals surface area contributed by atoms with Crippen molar-refractivity contribution in [2.75, 3.05) is 5.32 Å². The number of hydrogen-bond acceptors (Lipinski definition) is 3. The lowest BCUT2D eigenvalue weighted by Crippen LogP contribution is -2.17. The van der Waals surface area contributed by atoms with Crippen LogP contribution in [-0.4, -0.2) is 22.0 Å². The zero-order chi connectivity index (χ0) is 12.6. The molecule has 1 aromatic heterocycles. The summed E-state index contributed by atoms with van der Waals surface area (Å²) in [7, 11) is 0. The first kappa shape index (κ1) is 11.6. The number of aromatic carboxylic acids is 1. The highest BCUT2D eigenvalue weighted by atomic mass is 16.4. The molecule has 1 aliphatic carbocycles. The molecule has 0 aromatic carbocycles. The fourth-order valence-electron chi connectivity index (χ4n) is 1.76. The van der Waals surface area contributed by atoms with Crippen LogP contribution >= 0.6 is 0 Å². The Morgan fingerprint density at radius 2 is 2.18 bits per heavy atom. The maximum absolute atomic E-state index is 11.8. The molecular weight excluding hydrogens is 220 g/mol. The molecule has 1 unspecified atom stereocenters. The van der Waals surface area contributed by atoms with Gasteiger partial charge >= 0.3 is 5.97 Å². The van der Waals surface area contributed by atoms with Crippen LogP contribution < -0.4 is 5.32 Å². The number of anilines is 1. The van der Waals surface area contributed by atoms with E-state index in [0.29, 0.717) is 0 Å². The molecule has 1 heterocycles. The number of carboxylic acid groups (broad SMARTS) is 1. The molecule has 0 spiro atoms. The van der Waals surface area contributed by atoms with Gasteiger partial charge in [-0.15, -0.1) is 0 Å². The summed E-state index contributed by atoms with van der Waals surface area (Å²) in [5.74, 6) is -0.838. The van der Waals surface area contributed by atoms with Crippen molar-refractivity contribution in [1.82, 2.24) is 4.98 Å². The van der Waals surface area contributed by atoms with Gasteiger partial charge in [0, 0.05) is 12.1 Å².